The average Bonchev–Trinajstić information content (AvgIpc) is 2.70. The van der Waals surface area contributed by atoms with Gasteiger partial charge in [0.2, 0.25) is 0 Å². The van der Waals surface area contributed by atoms with E-state index < -0.39 is 26.2 Å². The number of alkyl halides is 3. The molecule has 0 saturated heterocycles. The number of carbonyl (C=O) groups excluding carboxylic acids is 1. The topological polar surface area (TPSA) is 69.7 Å². The summed E-state index contributed by atoms with van der Waals surface area (Å²) < 4.78 is 73.6. The smallest absolute Gasteiger partial charge is 0.489 e. The van der Waals surface area contributed by atoms with E-state index in [0.29, 0.717) is 11.8 Å². The van der Waals surface area contributed by atoms with Crippen LogP contribution in [0.4, 0.5) is 13.2 Å². The molecule has 0 heterocycles. The third-order valence-corrected chi connectivity index (χ3v) is 5.68. The Kier molecular flexibility index (Phi) is 5.52. The fourth-order valence-electron chi connectivity index (χ4n) is 2.73. The van der Waals surface area contributed by atoms with Crippen LogP contribution < -0.4 is 4.74 Å². The molecule has 0 saturated carbocycles. The Morgan fingerprint density at radius 3 is 2.31 bits per heavy atom. The van der Waals surface area contributed by atoms with Crippen LogP contribution in [0.5, 0.6) is 5.75 Å². The third kappa shape index (κ3) is 4.19. The van der Waals surface area contributed by atoms with Gasteiger partial charge in [0.25, 0.3) is 9.84 Å². The van der Waals surface area contributed by atoms with E-state index in [9.17, 15) is 26.4 Å². The van der Waals surface area contributed by atoms with Crippen molar-refractivity contribution >= 4 is 26.6 Å². The Hall–Kier alpha value is -3.07. The third-order valence-electron chi connectivity index (χ3n) is 4.15. The lowest BCUT2D eigenvalue weighted by atomic mass is 10.1. The highest BCUT2D eigenvalue weighted by molar-refractivity contribution is 7.92. The highest BCUT2D eigenvalue weighted by Gasteiger charge is 2.47. The van der Waals surface area contributed by atoms with Gasteiger partial charge in [0.1, 0.15) is 12.4 Å². The molecule has 0 aliphatic heterocycles. The Balaban J connectivity index is 2.10. The van der Waals surface area contributed by atoms with Crippen molar-refractivity contribution in [1.82, 2.24) is 0 Å². The van der Waals surface area contributed by atoms with Crippen LogP contribution in [0.1, 0.15) is 15.9 Å². The summed E-state index contributed by atoms with van der Waals surface area (Å²) in [6, 6.07) is 15.1. The van der Waals surface area contributed by atoms with Crippen molar-refractivity contribution in [2.24, 2.45) is 0 Å². The maximum absolute atomic E-state index is 13.1. The van der Waals surface area contributed by atoms with E-state index in [2.05, 4.69) is 4.74 Å². The first kappa shape index (κ1) is 20.7. The molecule has 0 amide bonds. The predicted molar refractivity (Wildman–Crippen MR) is 99.3 cm³/mol. The van der Waals surface area contributed by atoms with Crippen LogP contribution in [-0.2, 0) is 21.2 Å². The Morgan fingerprint density at radius 2 is 1.69 bits per heavy atom. The predicted octanol–water partition coefficient (Wildman–Crippen LogP) is 4.50. The summed E-state index contributed by atoms with van der Waals surface area (Å²) in [6.45, 7) is 0.205. The van der Waals surface area contributed by atoms with Gasteiger partial charge in [0, 0.05) is 5.39 Å². The van der Waals surface area contributed by atoms with Gasteiger partial charge in [-0.3, -0.25) is 0 Å². The Bertz CT molecular complexity index is 1160. The van der Waals surface area contributed by atoms with E-state index in [0.717, 1.165) is 12.7 Å². The van der Waals surface area contributed by atoms with Crippen molar-refractivity contribution in [2.45, 2.75) is 17.0 Å². The van der Waals surface area contributed by atoms with Gasteiger partial charge in [0.05, 0.1) is 17.6 Å². The summed E-state index contributed by atoms with van der Waals surface area (Å²) in [5.74, 6) is -0.653. The van der Waals surface area contributed by atoms with E-state index >= 15 is 0 Å². The van der Waals surface area contributed by atoms with Gasteiger partial charge in [0.15, 0.2) is 0 Å². The molecule has 0 fully saturated rings. The van der Waals surface area contributed by atoms with Crippen molar-refractivity contribution in [1.29, 1.82) is 0 Å². The zero-order valence-corrected chi connectivity index (χ0v) is 15.9. The number of sulfone groups is 1. The number of esters is 1. The summed E-state index contributed by atoms with van der Waals surface area (Å²) in [5, 5.41) is -0.0803. The second-order valence-corrected chi connectivity index (χ2v) is 7.98. The van der Waals surface area contributed by atoms with Gasteiger partial charge >= 0.3 is 11.5 Å². The molecule has 3 rings (SSSR count). The number of hydrogen-bond acceptors (Lipinski definition) is 5. The molecule has 0 aliphatic carbocycles. The van der Waals surface area contributed by atoms with E-state index in [1.165, 1.54) is 24.3 Å². The van der Waals surface area contributed by atoms with Crippen molar-refractivity contribution in [3.8, 4) is 5.75 Å². The molecule has 3 aromatic rings. The van der Waals surface area contributed by atoms with Gasteiger partial charge in [-0.25, -0.2) is 13.2 Å². The molecule has 0 spiro atoms. The fraction of sp³-hybridized carbons (Fsp3) is 0.150. The maximum Gasteiger partial charge on any atom is 0.501 e. The van der Waals surface area contributed by atoms with Gasteiger partial charge in [-0.05, 0) is 41.3 Å². The van der Waals surface area contributed by atoms with E-state index in [4.69, 9.17) is 4.74 Å². The maximum atomic E-state index is 13.1. The van der Waals surface area contributed by atoms with Crippen molar-refractivity contribution in [3.05, 3.63) is 71.8 Å². The summed E-state index contributed by atoms with van der Waals surface area (Å²) in [7, 11) is -4.64. The number of methoxy groups -OCH3 is 1. The minimum absolute atomic E-state index is 0.0984. The number of ether oxygens (including phenoxy) is 2. The quantitative estimate of drug-likeness (QED) is 0.564. The fourth-order valence-corrected chi connectivity index (χ4v) is 3.73. The molecule has 0 radical (unpaired) electrons. The zero-order valence-electron chi connectivity index (χ0n) is 15.1. The molecular weight excluding hydrogens is 409 g/mol. The molecule has 0 aromatic heterocycles. The highest BCUT2D eigenvalue weighted by atomic mass is 32.2. The lowest BCUT2D eigenvalue weighted by Crippen LogP contribution is -2.24. The molecule has 9 heteroatoms. The summed E-state index contributed by atoms with van der Waals surface area (Å²) in [4.78, 5) is 10.8. The number of fused-ring (bicyclic) bond motifs is 1. The number of carbonyl (C=O) groups is 1. The van der Waals surface area contributed by atoms with E-state index in [-0.39, 0.29) is 22.9 Å². The van der Waals surface area contributed by atoms with Crippen LogP contribution >= 0.6 is 0 Å². The zero-order chi connectivity index (χ0) is 21.2. The lowest BCUT2D eigenvalue weighted by Gasteiger charge is -2.14. The summed E-state index contributed by atoms with van der Waals surface area (Å²) >= 11 is 0. The average molecular weight is 424 g/mol. The van der Waals surface area contributed by atoms with Gasteiger partial charge < -0.3 is 9.47 Å². The van der Waals surface area contributed by atoms with Gasteiger partial charge in [-0.15, -0.1) is 0 Å². The summed E-state index contributed by atoms with van der Waals surface area (Å²) in [6.07, 6.45) is 0. The highest BCUT2D eigenvalue weighted by Crippen LogP contribution is 2.36. The summed E-state index contributed by atoms with van der Waals surface area (Å²) in [5.41, 5.74) is -4.96. The largest absolute Gasteiger partial charge is 0.501 e. The van der Waals surface area contributed by atoms with Crippen LogP contribution in [0, 0.1) is 0 Å². The number of halogens is 3. The Labute approximate surface area is 164 Å². The molecule has 0 unspecified atom stereocenters. The normalized spacial score (nSPS) is 12.0. The SMILES string of the molecule is COC(=O)c1cc(S(=O)(=O)C(F)(F)F)c2ccc(OCc3ccccc3)cc2c1. The van der Waals surface area contributed by atoms with E-state index in [1.807, 2.05) is 30.3 Å². The second kappa shape index (κ2) is 7.75. The lowest BCUT2D eigenvalue weighted by molar-refractivity contribution is -0.0435. The van der Waals surface area contributed by atoms with Crippen LogP contribution in [0.3, 0.4) is 0 Å². The molecule has 0 N–H and O–H groups in total. The van der Waals surface area contributed by atoms with Crippen LogP contribution in [0.25, 0.3) is 10.8 Å². The second-order valence-electron chi connectivity index (χ2n) is 6.07. The first-order valence-corrected chi connectivity index (χ1v) is 9.76. The number of rotatable bonds is 5. The molecule has 0 aliphatic rings. The molecule has 29 heavy (non-hydrogen) atoms. The minimum atomic E-state index is -5.68. The van der Waals surface area contributed by atoms with Crippen molar-refractivity contribution in [3.63, 3.8) is 0 Å². The van der Waals surface area contributed by atoms with Crippen molar-refractivity contribution in [2.75, 3.05) is 7.11 Å². The molecule has 0 atom stereocenters. The van der Waals surface area contributed by atoms with Crippen LogP contribution in [0.2, 0.25) is 0 Å². The first-order chi connectivity index (χ1) is 13.6. The molecule has 3 aromatic carbocycles. The monoisotopic (exact) mass is 424 g/mol. The van der Waals surface area contributed by atoms with Crippen molar-refractivity contribution < 1.29 is 35.9 Å². The number of hydrogen-bond donors (Lipinski definition) is 0. The molecule has 5 nitrogen and oxygen atoms in total. The van der Waals surface area contributed by atoms with Crippen LogP contribution in [0.15, 0.2) is 65.6 Å². The standard InChI is InChI=1S/C20H15F3O5S/c1-27-19(24)15-9-14-10-16(28-12-13-5-3-2-4-6-13)7-8-17(14)18(11-15)29(25,26)20(21,22)23/h2-11H,12H2,1H3. The molecular formula is C20H15F3O5S. The van der Waals surface area contributed by atoms with E-state index in [1.54, 1.807) is 0 Å². The molecule has 0 bridgehead atoms. The van der Waals surface area contributed by atoms with Gasteiger partial charge in [-0.2, -0.15) is 13.2 Å². The Morgan fingerprint density at radius 1 is 1.00 bits per heavy atom. The van der Waals surface area contributed by atoms with Crippen LogP contribution in [-0.4, -0.2) is 27.0 Å². The number of benzene rings is 3. The van der Waals surface area contributed by atoms with Gasteiger partial charge in [-0.1, -0.05) is 30.3 Å². The first-order valence-electron chi connectivity index (χ1n) is 8.27. The molecule has 152 valence electrons. The minimum Gasteiger partial charge on any atom is -0.489 e.